The zero-order valence-corrected chi connectivity index (χ0v) is 13.9. The van der Waals surface area contributed by atoms with Gasteiger partial charge in [-0.3, -0.25) is 0 Å². The van der Waals surface area contributed by atoms with Crippen LogP contribution in [0.3, 0.4) is 0 Å². The van der Waals surface area contributed by atoms with Gasteiger partial charge in [0.2, 0.25) is 0 Å². The molecule has 4 atom stereocenters. The third-order valence-corrected chi connectivity index (χ3v) is 4.23. The highest BCUT2D eigenvalue weighted by Crippen LogP contribution is 2.26. The Hall–Kier alpha value is -1.72. The topological polar surface area (TPSA) is 47.9 Å². The van der Waals surface area contributed by atoms with Gasteiger partial charge in [0.15, 0.2) is 6.29 Å². The molecule has 0 amide bonds. The highest BCUT2D eigenvalue weighted by molar-refractivity contribution is 5.14. The maximum absolute atomic E-state index is 9.89. The predicted octanol–water partition coefficient (Wildman–Crippen LogP) is 3.28. The lowest BCUT2D eigenvalue weighted by Crippen LogP contribution is -2.49. The zero-order valence-electron chi connectivity index (χ0n) is 13.9. The number of rotatable bonds is 6. The van der Waals surface area contributed by atoms with Gasteiger partial charge in [-0.2, -0.15) is 0 Å². The fourth-order valence-electron chi connectivity index (χ4n) is 2.97. The van der Waals surface area contributed by atoms with E-state index in [4.69, 9.17) is 14.2 Å². The van der Waals surface area contributed by atoms with Gasteiger partial charge in [0.05, 0.1) is 25.4 Å². The summed E-state index contributed by atoms with van der Waals surface area (Å²) in [5.74, 6) is 0. The Labute approximate surface area is 143 Å². The molecule has 1 fully saturated rings. The number of aliphatic hydroxyl groups is 1. The molecule has 1 aliphatic rings. The van der Waals surface area contributed by atoms with E-state index in [2.05, 4.69) is 0 Å². The molecule has 2 aromatic carbocycles. The Morgan fingerprint density at radius 3 is 2.04 bits per heavy atom. The van der Waals surface area contributed by atoms with Crippen molar-refractivity contribution in [2.75, 3.05) is 0 Å². The standard InChI is InChI=1S/C20H24O4/c1-15-20(23-14-17-10-6-3-7-11-17)18(12-19(21)24-15)22-13-16-8-4-2-5-9-16/h2-11,15,18-21H,12-14H2,1H3/t15-,18-,19-,20-/m0/s1. The van der Waals surface area contributed by atoms with Crippen LogP contribution < -0.4 is 0 Å². The van der Waals surface area contributed by atoms with E-state index in [1.54, 1.807) is 0 Å². The second-order valence-corrected chi connectivity index (χ2v) is 6.13. The van der Waals surface area contributed by atoms with Crippen LogP contribution in [0.2, 0.25) is 0 Å². The van der Waals surface area contributed by atoms with Crippen LogP contribution in [-0.4, -0.2) is 29.7 Å². The van der Waals surface area contributed by atoms with E-state index >= 15 is 0 Å². The Morgan fingerprint density at radius 2 is 1.46 bits per heavy atom. The summed E-state index contributed by atoms with van der Waals surface area (Å²) in [6, 6.07) is 20.0. The molecule has 0 spiro atoms. The van der Waals surface area contributed by atoms with Crippen molar-refractivity contribution in [1.29, 1.82) is 0 Å². The average Bonchev–Trinajstić information content (AvgIpc) is 2.61. The van der Waals surface area contributed by atoms with Crippen LogP contribution in [0, 0.1) is 0 Å². The number of hydrogen-bond acceptors (Lipinski definition) is 4. The summed E-state index contributed by atoms with van der Waals surface area (Å²) in [5, 5.41) is 9.89. The van der Waals surface area contributed by atoms with Gasteiger partial charge in [0.1, 0.15) is 6.10 Å². The molecule has 1 saturated heterocycles. The van der Waals surface area contributed by atoms with Crippen LogP contribution in [0.5, 0.6) is 0 Å². The van der Waals surface area contributed by atoms with Gasteiger partial charge in [-0.25, -0.2) is 0 Å². The molecule has 0 bridgehead atoms. The maximum atomic E-state index is 9.89. The second kappa shape index (κ2) is 8.40. The number of benzene rings is 2. The highest BCUT2D eigenvalue weighted by atomic mass is 16.6. The summed E-state index contributed by atoms with van der Waals surface area (Å²) in [6.45, 7) is 2.91. The van der Waals surface area contributed by atoms with Crippen LogP contribution in [0.25, 0.3) is 0 Å². The van der Waals surface area contributed by atoms with Crippen molar-refractivity contribution in [2.45, 2.75) is 51.2 Å². The highest BCUT2D eigenvalue weighted by Gasteiger charge is 2.37. The molecule has 128 valence electrons. The minimum atomic E-state index is -0.808. The smallest absolute Gasteiger partial charge is 0.157 e. The van der Waals surface area contributed by atoms with Gasteiger partial charge < -0.3 is 19.3 Å². The lowest BCUT2D eigenvalue weighted by atomic mass is 10.0. The Kier molecular flexibility index (Phi) is 5.99. The molecule has 1 heterocycles. The van der Waals surface area contributed by atoms with Gasteiger partial charge in [0.25, 0.3) is 0 Å². The van der Waals surface area contributed by atoms with E-state index in [1.807, 2.05) is 67.6 Å². The first-order valence-electron chi connectivity index (χ1n) is 8.37. The van der Waals surface area contributed by atoms with Crippen molar-refractivity contribution in [3.63, 3.8) is 0 Å². The van der Waals surface area contributed by atoms with Gasteiger partial charge >= 0.3 is 0 Å². The minimum absolute atomic E-state index is 0.201. The van der Waals surface area contributed by atoms with Crippen LogP contribution in [-0.2, 0) is 27.4 Å². The first kappa shape index (κ1) is 17.1. The number of hydrogen-bond donors (Lipinski definition) is 1. The summed E-state index contributed by atoms with van der Waals surface area (Å²) in [7, 11) is 0. The fraction of sp³-hybridized carbons (Fsp3) is 0.400. The molecule has 2 aromatic rings. The van der Waals surface area contributed by atoms with E-state index < -0.39 is 6.29 Å². The van der Waals surface area contributed by atoms with E-state index in [-0.39, 0.29) is 18.3 Å². The van der Waals surface area contributed by atoms with Gasteiger partial charge in [0, 0.05) is 6.42 Å². The van der Waals surface area contributed by atoms with E-state index in [0.29, 0.717) is 19.6 Å². The molecular formula is C20H24O4. The summed E-state index contributed by atoms with van der Waals surface area (Å²) in [4.78, 5) is 0. The Morgan fingerprint density at radius 1 is 0.917 bits per heavy atom. The van der Waals surface area contributed by atoms with Crippen molar-refractivity contribution in [2.24, 2.45) is 0 Å². The molecular weight excluding hydrogens is 304 g/mol. The summed E-state index contributed by atoms with van der Waals surface area (Å²) < 4.78 is 17.6. The third-order valence-electron chi connectivity index (χ3n) is 4.23. The first-order valence-corrected chi connectivity index (χ1v) is 8.37. The lowest BCUT2D eigenvalue weighted by Gasteiger charge is -2.38. The lowest BCUT2D eigenvalue weighted by molar-refractivity contribution is -0.251. The monoisotopic (exact) mass is 328 g/mol. The summed E-state index contributed by atoms with van der Waals surface area (Å²) >= 11 is 0. The van der Waals surface area contributed by atoms with Crippen LogP contribution in [0.15, 0.2) is 60.7 Å². The van der Waals surface area contributed by atoms with E-state index in [9.17, 15) is 5.11 Å². The fourth-order valence-corrected chi connectivity index (χ4v) is 2.97. The molecule has 0 aliphatic carbocycles. The largest absolute Gasteiger partial charge is 0.371 e. The summed E-state index contributed by atoms with van der Waals surface area (Å²) in [5.41, 5.74) is 2.21. The molecule has 0 radical (unpaired) electrons. The molecule has 0 unspecified atom stereocenters. The van der Waals surface area contributed by atoms with Crippen LogP contribution >= 0.6 is 0 Å². The molecule has 0 saturated carbocycles. The summed E-state index contributed by atoms with van der Waals surface area (Å²) in [6.07, 6.45) is -1.03. The normalized spacial score (nSPS) is 27.1. The van der Waals surface area contributed by atoms with Crippen molar-refractivity contribution in [3.05, 3.63) is 71.8 Å². The molecule has 4 nitrogen and oxygen atoms in total. The Balaban J connectivity index is 1.61. The molecule has 4 heteroatoms. The quantitative estimate of drug-likeness (QED) is 0.884. The number of ether oxygens (including phenoxy) is 3. The zero-order chi connectivity index (χ0) is 16.8. The molecule has 3 rings (SSSR count). The average molecular weight is 328 g/mol. The maximum Gasteiger partial charge on any atom is 0.157 e. The Bertz CT molecular complexity index is 602. The van der Waals surface area contributed by atoms with Crippen molar-refractivity contribution in [3.8, 4) is 0 Å². The van der Waals surface area contributed by atoms with Gasteiger partial charge in [-0.05, 0) is 18.1 Å². The molecule has 24 heavy (non-hydrogen) atoms. The van der Waals surface area contributed by atoms with Crippen LogP contribution in [0.1, 0.15) is 24.5 Å². The SMILES string of the molecule is C[C@@H]1O[C@H](O)C[C@H](OCc2ccccc2)[C@H]1OCc1ccccc1. The minimum Gasteiger partial charge on any atom is -0.371 e. The molecule has 1 aliphatic heterocycles. The van der Waals surface area contributed by atoms with Crippen molar-refractivity contribution < 1.29 is 19.3 Å². The first-order chi connectivity index (χ1) is 11.7. The molecule has 1 N–H and O–H groups in total. The van der Waals surface area contributed by atoms with Crippen molar-refractivity contribution >= 4 is 0 Å². The number of aliphatic hydroxyl groups excluding tert-OH is 1. The van der Waals surface area contributed by atoms with E-state index in [1.165, 1.54) is 0 Å². The van der Waals surface area contributed by atoms with E-state index in [0.717, 1.165) is 11.1 Å². The van der Waals surface area contributed by atoms with Crippen molar-refractivity contribution in [1.82, 2.24) is 0 Å². The molecule has 0 aromatic heterocycles. The van der Waals surface area contributed by atoms with Gasteiger partial charge in [-0.1, -0.05) is 60.7 Å². The third kappa shape index (κ3) is 4.65. The van der Waals surface area contributed by atoms with Gasteiger partial charge in [-0.15, -0.1) is 0 Å². The second-order valence-electron chi connectivity index (χ2n) is 6.13. The van der Waals surface area contributed by atoms with Crippen LogP contribution in [0.4, 0.5) is 0 Å². The predicted molar refractivity (Wildman–Crippen MR) is 91.2 cm³/mol.